The maximum atomic E-state index is 11.5. The molecule has 0 unspecified atom stereocenters. The van der Waals surface area contributed by atoms with Crippen molar-refractivity contribution in [3.05, 3.63) is 12.2 Å². The molecular formula is C16H30O5Si. The Labute approximate surface area is 134 Å². The van der Waals surface area contributed by atoms with Crippen LogP contribution in [0.4, 0.5) is 0 Å². The van der Waals surface area contributed by atoms with Gasteiger partial charge in [-0.25, -0.2) is 4.79 Å². The van der Waals surface area contributed by atoms with E-state index >= 15 is 0 Å². The van der Waals surface area contributed by atoms with Crippen molar-refractivity contribution in [2.75, 3.05) is 0 Å². The number of hydrogen-bond acceptors (Lipinski definition) is 4. The van der Waals surface area contributed by atoms with E-state index in [0.29, 0.717) is 0 Å². The Bertz CT molecular complexity index is 450. The Kier molecular flexibility index (Phi) is 5.34. The minimum atomic E-state index is -2.10. The molecule has 1 fully saturated rings. The zero-order valence-electron chi connectivity index (χ0n) is 15.0. The lowest BCUT2D eigenvalue weighted by Crippen LogP contribution is -2.50. The predicted octanol–water partition coefficient (Wildman–Crippen LogP) is 3.56. The maximum Gasteiger partial charge on any atom is 0.335 e. The molecular weight excluding hydrogens is 300 g/mol. The summed E-state index contributed by atoms with van der Waals surface area (Å²) in [5.41, 5.74) is 0.752. The summed E-state index contributed by atoms with van der Waals surface area (Å²) in [5.74, 6) is -1.99. The first-order valence-corrected chi connectivity index (χ1v) is 10.5. The fourth-order valence-electron chi connectivity index (χ4n) is 2.14. The molecule has 5 nitrogen and oxygen atoms in total. The lowest BCUT2D eigenvalue weighted by Gasteiger charge is -2.41. The Morgan fingerprint density at radius 3 is 2.18 bits per heavy atom. The molecule has 6 heteroatoms. The highest BCUT2D eigenvalue weighted by atomic mass is 28.4. The summed E-state index contributed by atoms with van der Waals surface area (Å²) in [4.78, 5) is 11.5. The second-order valence-electron chi connectivity index (χ2n) is 8.00. The Hall–Kier alpha value is -0.693. The van der Waals surface area contributed by atoms with Crippen LogP contribution >= 0.6 is 0 Å². The zero-order chi connectivity index (χ0) is 17.5. The van der Waals surface area contributed by atoms with Gasteiger partial charge in [-0.3, -0.25) is 0 Å². The molecule has 0 aromatic rings. The molecule has 0 aromatic carbocycles. The molecule has 0 aliphatic carbocycles. The molecule has 1 aliphatic rings. The third-order valence-electron chi connectivity index (χ3n) is 4.38. The SMILES string of the molecule is C=C(C)[C@@H](O[Si](C)(C)C(C)(C)C)[C@H]1OC(C)(C)O[C@@H]1C(=O)O. The highest BCUT2D eigenvalue weighted by Crippen LogP contribution is 2.40. The molecule has 3 atom stereocenters. The third-order valence-corrected chi connectivity index (χ3v) is 8.84. The molecule has 1 aliphatic heterocycles. The van der Waals surface area contributed by atoms with E-state index in [9.17, 15) is 9.90 Å². The van der Waals surface area contributed by atoms with Gasteiger partial charge in [-0.1, -0.05) is 32.9 Å². The number of carboxylic acid groups (broad SMARTS) is 1. The van der Waals surface area contributed by atoms with E-state index in [4.69, 9.17) is 13.9 Å². The highest BCUT2D eigenvalue weighted by Gasteiger charge is 2.51. The number of ether oxygens (including phenoxy) is 2. The predicted molar refractivity (Wildman–Crippen MR) is 88.3 cm³/mol. The van der Waals surface area contributed by atoms with E-state index in [-0.39, 0.29) is 5.04 Å². The molecule has 0 saturated carbocycles. The average Bonchev–Trinajstić information content (AvgIpc) is 2.60. The number of rotatable bonds is 5. The molecule has 128 valence electrons. The molecule has 0 bridgehead atoms. The number of carbonyl (C=O) groups is 1. The van der Waals surface area contributed by atoms with E-state index in [1.807, 2.05) is 6.92 Å². The van der Waals surface area contributed by atoms with E-state index in [0.717, 1.165) is 5.57 Å². The maximum absolute atomic E-state index is 11.5. The van der Waals surface area contributed by atoms with Gasteiger partial charge in [0.05, 0.1) is 6.10 Å². The normalized spacial score (nSPS) is 26.7. The van der Waals surface area contributed by atoms with Gasteiger partial charge in [0, 0.05) is 0 Å². The van der Waals surface area contributed by atoms with Crippen LogP contribution in [0.1, 0.15) is 41.5 Å². The van der Waals surface area contributed by atoms with Crippen molar-refractivity contribution in [1.82, 2.24) is 0 Å². The summed E-state index contributed by atoms with van der Waals surface area (Å²) in [7, 11) is -2.10. The van der Waals surface area contributed by atoms with E-state index in [1.165, 1.54) is 0 Å². The second-order valence-corrected chi connectivity index (χ2v) is 12.8. The fourth-order valence-corrected chi connectivity index (χ4v) is 3.47. The van der Waals surface area contributed by atoms with Crippen molar-refractivity contribution < 1.29 is 23.8 Å². The minimum absolute atomic E-state index is 0.00833. The fraction of sp³-hybridized carbons (Fsp3) is 0.812. The van der Waals surface area contributed by atoms with Crippen molar-refractivity contribution in [1.29, 1.82) is 0 Å². The average molecular weight is 330 g/mol. The molecule has 1 heterocycles. The summed E-state index contributed by atoms with van der Waals surface area (Å²) >= 11 is 0. The number of aliphatic carboxylic acids is 1. The van der Waals surface area contributed by atoms with Crippen LogP contribution in [-0.4, -0.2) is 43.5 Å². The summed E-state index contributed by atoms with van der Waals surface area (Å²) in [6, 6.07) is 0. The summed E-state index contributed by atoms with van der Waals surface area (Å²) in [5, 5.41) is 9.43. The largest absolute Gasteiger partial charge is 0.479 e. The molecule has 1 rings (SSSR count). The number of carboxylic acids is 1. The summed E-state index contributed by atoms with van der Waals surface area (Å²) in [6.07, 6.45) is -2.25. The molecule has 0 radical (unpaired) electrons. The zero-order valence-corrected chi connectivity index (χ0v) is 16.0. The van der Waals surface area contributed by atoms with E-state index in [2.05, 4.69) is 40.4 Å². The van der Waals surface area contributed by atoms with Crippen LogP contribution in [0.15, 0.2) is 12.2 Å². The van der Waals surface area contributed by atoms with Gasteiger partial charge in [-0.2, -0.15) is 0 Å². The number of hydrogen-bond donors (Lipinski definition) is 1. The minimum Gasteiger partial charge on any atom is -0.479 e. The van der Waals surface area contributed by atoms with Gasteiger partial charge in [0.25, 0.3) is 0 Å². The van der Waals surface area contributed by atoms with Gasteiger partial charge in [0.15, 0.2) is 20.2 Å². The van der Waals surface area contributed by atoms with Gasteiger partial charge < -0.3 is 19.0 Å². The molecule has 1 saturated heterocycles. The first-order chi connectivity index (χ1) is 9.68. The van der Waals surface area contributed by atoms with Crippen molar-refractivity contribution in [2.24, 2.45) is 0 Å². The van der Waals surface area contributed by atoms with Gasteiger partial charge in [0.1, 0.15) is 6.10 Å². The van der Waals surface area contributed by atoms with Crippen molar-refractivity contribution in [3.8, 4) is 0 Å². The smallest absolute Gasteiger partial charge is 0.335 e. The van der Waals surface area contributed by atoms with Crippen molar-refractivity contribution >= 4 is 14.3 Å². The van der Waals surface area contributed by atoms with Gasteiger partial charge in [0.2, 0.25) is 0 Å². The van der Waals surface area contributed by atoms with Crippen molar-refractivity contribution in [3.63, 3.8) is 0 Å². The van der Waals surface area contributed by atoms with Crippen LogP contribution in [0.3, 0.4) is 0 Å². The first-order valence-electron chi connectivity index (χ1n) is 7.59. The van der Waals surface area contributed by atoms with Crippen LogP contribution < -0.4 is 0 Å². The highest BCUT2D eigenvalue weighted by molar-refractivity contribution is 6.74. The topological polar surface area (TPSA) is 65.0 Å². The lowest BCUT2D eigenvalue weighted by atomic mass is 10.0. The monoisotopic (exact) mass is 330 g/mol. The van der Waals surface area contributed by atoms with Crippen molar-refractivity contribution in [2.45, 2.75) is 83.8 Å². The van der Waals surface area contributed by atoms with Gasteiger partial charge >= 0.3 is 5.97 Å². The molecule has 0 spiro atoms. The summed E-state index contributed by atoms with van der Waals surface area (Å²) < 4.78 is 17.8. The van der Waals surface area contributed by atoms with E-state index < -0.39 is 38.4 Å². The molecule has 22 heavy (non-hydrogen) atoms. The van der Waals surface area contributed by atoms with Crippen LogP contribution in [0.2, 0.25) is 18.1 Å². The Morgan fingerprint density at radius 2 is 1.82 bits per heavy atom. The Balaban J connectivity index is 3.10. The first kappa shape index (κ1) is 19.4. The van der Waals surface area contributed by atoms with Crippen LogP contribution in [-0.2, 0) is 18.7 Å². The summed E-state index contributed by atoms with van der Waals surface area (Å²) in [6.45, 7) is 19.9. The van der Waals surface area contributed by atoms with Gasteiger partial charge in [-0.15, -0.1) is 0 Å². The standard InChI is InChI=1S/C16H30O5Si/c1-10(2)11(21-22(8,9)15(3,4)5)12-13(14(17)18)20-16(6,7)19-12/h11-13H,1H2,2-9H3,(H,17,18)/t11-,12-,13+/m1/s1. The molecule has 0 amide bonds. The lowest BCUT2D eigenvalue weighted by molar-refractivity contribution is -0.166. The molecule has 0 aromatic heterocycles. The van der Waals surface area contributed by atoms with Gasteiger partial charge in [-0.05, 0) is 38.9 Å². The second kappa shape index (κ2) is 6.07. The molecule has 1 N–H and O–H groups in total. The van der Waals surface area contributed by atoms with Crippen LogP contribution in [0.5, 0.6) is 0 Å². The van der Waals surface area contributed by atoms with Crippen LogP contribution in [0, 0.1) is 0 Å². The quantitative estimate of drug-likeness (QED) is 0.617. The van der Waals surface area contributed by atoms with E-state index in [1.54, 1.807) is 13.8 Å². The van der Waals surface area contributed by atoms with Crippen LogP contribution in [0.25, 0.3) is 0 Å². The third kappa shape index (κ3) is 4.19. The Morgan fingerprint density at radius 1 is 1.32 bits per heavy atom.